The molecule has 0 radical (unpaired) electrons. The first-order valence-electron chi connectivity index (χ1n) is 9.04. The summed E-state index contributed by atoms with van der Waals surface area (Å²) in [4.78, 5) is 16.5. The van der Waals surface area contributed by atoms with Crippen molar-refractivity contribution >= 4 is 5.91 Å². The van der Waals surface area contributed by atoms with Crippen LogP contribution in [0.25, 0.3) is 5.69 Å². The summed E-state index contributed by atoms with van der Waals surface area (Å²) in [5.41, 5.74) is 1.31. The van der Waals surface area contributed by atoms with Crippen molar-refractivity contribution in [3.63, 3.8) is 0 Å². The van der Waals surface area contributed by atoms with Crippen molar-refractivity contribution in [3.05, 3.63) is 102 Å². The highest BCUT2D eigenvalue weighted by Crippen LogP contribution is 2.20. The molecule has 0 fully saturated rings. The maximum Gasteiger partial charge on any atom is 0.254 e. The van der Waals surface area contributed by atoms with Gasteiger partial charge >= 0.3 is 0 Å². The Labute approximate surface area is 170 Å². The minimum Gasteiger partial charge on any atom is -0.439 e. The summed E-state index contributed by atoms with van der Waals surface area (Å²) in [6.45, 7) is 0.233. The van der Waals surface area contributed by atoms with Crippen LogP contribution in [0.4, 0.5) is 8.78 Å². The highest BCUT2D eigenvalue weighted by atomic mass is 19.1. The predicted molar refractivity (Wildman–Crippen MR) is 105 cm³/mol. The molecular formula is C22H16F2N4O2. The number of nitrogens with zero attached hydrogens (tertiary/aromatic N) is 3. The molecule has 0 saturated heterocycles. The third-order valence-corrected chi connectivity index (χ3v) is 4.21. The molecule has 0 aliphatic carbocycles. The third-order valence-electron chi connectivity index (χ3n) is 4.21. The Hall–Kier alpha value is -4.07. The van der Waals surface area contributed by atoms with Gasteiger partial charge in [0.2, 0.25) is 5.88 Å². The van der Waals surface area contributed by atoms with Crippen molar-refractivity contribution in [3.8, 4) is 17.3 Å². The molecule has 4 aromatic rings. The fourth-order valence-corrected chi connectivity index (χ4v) is 2.72. The number of amides is 1. The van der Waals surface area contributed by atoms with E-state index in [2.05, 4.69) is 15.4 Å². The van der Waals surface area contributed by atoms with Crippen LogP contribution < -0.4 is 10.1 Å². The summed E-state index contributed by atoms with van der Waals surface area (Å²) in [5, 5.41) is 6.80. The monoisotopic (exact) mass is 406 g/mol. The molecule has 30 heavy (non-hydrogen) atoms. The number of carbonyl (C=O) groups is 1. The van der Waals surface area contributed by atoms with Crippen LogP contribution in [-0.2, 0) is 6.54 Å². The maximum absolute atomic E-state index is 13.8. The largest absolute Gasteiger partial charge is 0.439 e. The topological polar surface area (TPSA) is 69.0 Å². The Kier molecular flexibility index (Phi) is 5.47. The lowest BCUT2D eigenvalue weighted by Gasteiger charge is -2.07. The fraction of sp³-hybridized carbons (Fsp3) is 0.0455. The van der Waals surface area contributed by atoms with Crippen LogP contribution >= 0.6 is 0 Å². The summed E-state index contributed by atoms with van der Waals surface area (Å²) in [7, 11) is 0. The minimum atomic E-state index is -0.431. The number of pyridine rings is 1. The number of hydrogen-bond donors (Lipinski definition) is 1. The second kappa shape index (κ2) is 8.52. The number of rotatable bonds is 6. The molecule has 2 aromatic heterocycles. The van der Waals surface area contributed by atoms with Gasteiger partial charge in [0.25, 0.3) is 5.91 Å². The molecule has 2 heterocycles. The number of nitrogens with one attached hydrogen (secondary N) is 1. The number of benzene rings is 2. The van der Waals surface area contributed by atoms with Crippen LogP contribution in [0.5, 0.6) is 11.6 Å². The Morgan fingerprint density at radius 3 is 2.67 bits per heavy atom. The highest BCUT2D eigenvalue weighted by Gasteiger charge is 2.11. The quantitative estimate of drug-likeness (QED) is 0.519. The van der Waals surface area contributed by atoms with Crippen molar-refractivity contribution in [2.45, 2.75) is 6.54 Å². The molecule has 1 N–H and O–H groups in total. The number of halogens is 2. The first kappa shape index (κ1) is 19.3. The van der Waals surface area contributed by atoms with Crippen LogP contribution in [0, 0.1) is 11.6 Å². The molecule has 0 spiro atoms. The summed E-state index contributed by atoms with van der Waals surface area (Å²) in [6.07, 6.45) is 4.38. The molecule has 0 saturated carbocycles. The average Bonchev–Trinajstić information content (AvgIpc) is 3.23. The molecule has 0 unspecified atom stereocenters. The van der Waals surface area contributed by atoms with Crippen LogP contribution in [0.15, 0.2) is 79.3 Å². The van der Waals surface area contributed by atoms with Crippen LogP contribution in [-0.4, -0.2) is 20.7 Å². The van der Waals surface area contributed by atoms with Crippen LogP contribution in [0.2, 0.25) is 0 Å². The minimum absolute atomic E-state index is 0.233. The van der Waals surface area contributed by atoms with Crippen molar-refractivity contribution < 1.29 is 18.3 Å². The maximum atomic E-state index is 13.8. The van der Waals surface area contributed by atoms with E-state index in [0.717, 1.165) is 5.56 Å². The van der Waals surface area contributed by atoms with Crippen LogP contribution in [0.1, 0.15) is 15.9 Å². The number of para-hydroxylation sites is 1. The zero-order chi connectivity index (χ0) is 20.9. The normalized spacial score (nSPS) is 10.6. The predicted octanol–water partition coefficient (Wildman–Crippen LogP) is 4.27. The van der Waals surface area contributed by atoms with Gasteiger partial charge in [-0.25, -0.2) is 18.4 Å². The second-order valence-corrected chi connectivity index (χ2v) is 6.37. The number of aromatic nitrogens is 3. The van der Waals surface area contributed by atoms with E-state index < -0.39 is 11.6 Å². The standard InChI is InChI=1S/C22H16F2N4O2/c23-17-4-3-5-18(10-17)30-21-9-8-15(11-25-21)12-26-22(29)16-13-27-28(14-16)20-7-2-1-6-19(20)24/h1-11,13-14H,12H2,(H,26,29). The average molecular weight is 406 g/mol. The smallest absolute Gasteiger partial charge is 0.254 e. The van der Waals surface area contributed by atoms with E-state index in [4.69, 9.17) is 4.74 Å². The van der Waals surface area contributed by atoms with Gasteiger partial charge in [0.1, 0.15) is 23.1 Å². The fourth-order valence-electron chi connectivity index (χ4n) is 2.72. The van der Waals surface area contributed by atoms with Crippen molar-refractivity contribution in [2.75, 3.05) is 0 Å². The number of ether oxygens (including phenoxy) is 1. The Morgan fingerprint density at radius 2 is 1.90 bits per heavy atom. The molecular weight excluding hydrogens is 390 g/mol. The zero-order valence-electron chi connectivity index (χ0n) is 15.6. The second-order valence-electron chi connectivity index (χ2n) is 6.37. The molecule has 0 aliphatic heterocycles. The summed E-state index contributed by atoms with van der Waals surface area (Å²) in [5.74, 6) is -0.528. The van der Waals surface area contributed by atoms with Crippen LogP contribution in [0.3, 0.4) is 0 Å². The van der Waals surface area contributed by atoms with E-state index in [1.807, 2.05) is 0 Å². The SMILES string of the molecule is O=C(NCc1ccc(Oc2cccc(F)c2)nc1)c1cnn(-c2ccccc2F)c1. The first-order chi connectivity index (χ1) is 14.6. The Bertz CT molecular complexity index is 1180. The third kappa shape index (κ3) is 4.49. The van der Waals surface area contributed by atoms with E-state index in [-0.39, 0.29) is 18.1 Å². The molecule has 1 amide bonds. The van der Waals surface area contributed by atoms with E-state index in [1.165, 1.54) is 35.3 Å². The van der Waals surface area contributed by atoms with Gasteiger partial charge in [0.15, 0.2) is 0 Å². The Balaban J connectivity index is 1.36. The molecule has 150 valence electrons. The van der Waals surface area contributed by atoms with Gasteiger partial charge in [-0.2, -0.15) is 5.10 Å². The molecule has 8 heteroatoms. The zero-order valence-corrected chi connectivity index (χ0v) is 15.6. The summed E-state index contributed by atoms with van der Waals surface area (Å²) in [6, 6.07) is 15.3. The number of hydrogen-bond acceptors (Lipinski definition) is 4. The van der Waals surface area contributed by atoms with E-state index in [1.54, 1.807) is 48.7 Å². The highest BCUT2D eigenvalue weighted by molar-refractivity contribution is 5.93. The van der Waals surface area contributed by atoms with Crippen molar-refractivity contribution in [1.82, 2.24) is 20.1 Å². The molecule has 0 bridgehead atoms. The molecule has 6 nitrogen and oxygen atoms in total. The van der Waals surface area contributed by atoms with Gasteiger partial charge in [-0.3, -0.25) is 4.79 Å². The Morgan fingerprint density at radius 1 is 1.03 bits per heavy atom. The first-order valence-corrected chi connectivity index (χ1v) is 9.04. The van der Waals surface area contributed by atoms with Gasteiger partial charge in [-0.05, 0) is 29.8 Å². The van der Waals surface area contributed by atoms with Gasteiger partial charge < -0.3 is 10.1 Å². The lowest BCUT2D eigenvalue weighted by Crippen LogP contribution is -2.22. The van der Waals surface area contributed by atoms with E-state index in [9.17, 15) is 13.6 Å². The van der Waals surface area contributed by atoms with Gasteiger partial charge in [0, 0.05) is 31.1 Å². The van der Waals surface area contributed by atoms with Crippen molar-refractivity contribution in [1.29, 1.82) is 0 Å². The van der Waals surface area contributed by atoms with Gasteiger partial charge in [-0.1, -0.05) is 24.3 Å². The van der Waals surface area contributed by atoms with Crippen molar-refractivity contribution in [2.24, 2.45) is 0 Å². The van der Waals surface area contributed by atoms with Gasteiger partial charge in [0.05, 0.1) is 11.8 Å². The lowest BCUT2D eigenvalue weighted by molar-refractivity contribution is 0.0951. The molecule has 2 aromatic carbocycles. The molecule has 0 aliphatic rings. The van der Waals surface area contributed by atoms with Gasteiger partial charge in [-0.15, -0.1) is 0 Å². The van der Waals surface area contributed by atoms with E-state index in [0.29, 0.717) is 17.2 Å². The molecule has 0 atom stereocenters. The summed E-state index contributed by atoms with van der Waals surface area (Å²) >= 11 is 0. The number of carbonyl (C=O) groups excluding carboxylic acids is 1. The lowest BCUT2D eigenvalue weighted by atomic mass is 10.2. The summed E-state index contributed by atoms with van der Waals surface area (Å²) < 4.78 is 33.8. The molecule has 4 rings (SSSR count). The van der Waals surface area contributed by atoms with E-state index >= 15 is 0 Å².